The van der Waals surface area contributed by atoms with Gasteiger partial charge in [0.1, 0.15) is 5.75 Å². The molecule has 1 aromatic carbocycles. The van der Waals surface area contributed by atoms with Gasteiger partial charge in [-0.1, -0.05) is 32.0 Å². The lowest BCUT2D eigenvalue weighted by Gasteiger charge is -2.37. The van der Waals surface area contributed by atoms with E-state index in [4.69, 9.17) is 4.74 Å². The number of piperidine rings is 1. The Morgan fingerprint density at radius 3 is 2.80 bits per heavy atom. The molecule has 20 heavy (non-hydrogen) atoms. The largest absolute Gasteiger partial charge is 0.494 e. The Kier molecular flexibility index (Phi) is 6.34. The van der Waals surface area contributed by atoms with Gasteiger partial charge >= 0.3 is 0 Å². The second kappa shape index (κ2) is 8.28. The van der Waals surface area contributed by atoms with Crippen LogP contribution >= 0.6 is 0 Å². The van der Waals surface area contributed by atoms with Crippen molar-refractivity contribution in [2.45, 2.75) is 32.7 Å². The molecule has 112 valence electrons. The molecule has 1 aliphatic heterocycles. The van der Waals surface area contributed by atoms with Gasteiger partial charge in [0, 0.05) is 19.1 Å². The zero-order valence-corrected chi connectivity index (χ0v) is 12.8. The highest BCUT2D eigenvalue weighted by Gasteiger charge is 2.24. The van der Waals surface area contributed by atoms with Crippen molar-refractivity contribution in [1.29, 1.82) is 0 Å². The van der Waals surface area contributed by atoms with E-state index in [1.165, 1.54) is 19.5 Å². The number of hydrogen-bond acceptors (Lipinski definition) is 3. The predicted octanol–water partition coefficient (Wildman–Crippen LogP) is 2.78. The summed E-state index contributed by atoms with van der Waals surface area (Å²) in [5, 5.41) is 3.59. The van der Waals surface area contributed by atoms with Gasteiger partial charge < -0.3 is 15.0 Å². The summed E-state index contributed by atoms with van der Waals surface area (Å²) in [6.45, 7) is 10.0. The molecule has 1 saturated heterocycles. The third kappa shape index (κ3) is 4.80. The predicted molar refractivity (Wildman–Crippen MR) is 84.2 cm³/mol. The molecule has 0 aliphatic carbocycles. The number of likely N-dealkylation sites (tertiary alicyclic amines) is 1. The zero-order chi connectivity index (χ0) is 14.2. The summed E-state index contributed by atoms with van der Waals surface area (Å²) in [5.74, 6) is 1.73. The molecular formula is C17H28N2O. The maximum Gasteiger partial charge on any atom is 0.119 e. The average Bonchev–Trinajstić information content (AvgIpc) is 2.48. The highest BCUT2D eigenvalue weighted by atomic mass is 16.5. The quantitative estimate of drug-likeness (QED) is 0.775. The summed E-state index contributed by atoms with van der Waals surface area (Å²) in [4.78, 5) is 2.58. The SMILES string of the molecule is CCNC1CCN(CCCOc2ccccc2)CC1C. The molecule has 1 N–H and O–H groups in total. The van der Waals surface area contributed by atoms with Gasteiger partial charge in [0.15, 0.2) is 0 Å². The van der Waals surface area contributed by atoms with E-state index < -0.39 is 0 Å². The molecule has 2 atom stereocenters. The van der Waals surface area contributed by atoms with Crippen LogP contribution in [0, 0.1) is 5.92 Å². The molecule has 0 radical (unpaired) electrons. The molecule has 1 aromatic rings. The van der Waals surface area contributed by atoms with Crippen molar-refractivity contribution < 1.29 is 4.74 Å². The molecule has 1 aliphatic rings. The second-order valence-electron chi connectivity index (χ2n) is 5.75. The summed E-state index contributed by atoms with van der Waals surface area (Å²) >= 11 is 0. The fourth-order valence-corrected chi connectivity index (χ4v) is 3.00. The van der Waals surface area contributed by atoms with Crippen LogP contribution in [-0.4, -0.2) is 43.7 Å². The molecule has 0 spiro atoms. The van der Waals surface area contributed by atoms with Crippen molar-refractivity contribution in [1.82, 2.24) is 10.2 Å². The minimum Gasteiger partial charge on any atom is -0.494 e. The van der Waals surface area contributed by atoms with Crippen molar-refractivity contribution in [3.63, 3.8) is 0 Å². The lowest BCUT2D eigenvalue weighted by atomic mass is 9.94. The van der Waals surface area contributed by atoms with Crippen LogP contribution in [-0.2, 0) is 0 Å². The molecule has 1 fully saturated rings. The normalized spacial score (nSPS) is 23.7. The fraction of sp³-hybridized carbons (Fsp3) is 0.647. The van der Waals surface area contributed by atoms with Gasteiger partial charge in [0.2, 0.25) is 0 Å². The monoisotopic (exact) mass is 276 g/mol. The lowest BCUT2D eigenvalue weighted by molar-refractivity contribution is 0.140. The van der Waals surface area contributed by atoms with Crippen LogP contribution in [0.4, 0.5) is 0 Å². The van der Waals surface area contributed by atoms with Gasteiger partial charge in [0.25, 0.3) is 0 Å². The molecule has 3 nitrogen and oxygen atoms in total. The van der Waals surface area contributed by atoms with E-state index in [1.54, 1.807) is 0 Å². The van der Waals surface area contributed by atoms with Crippen molar-refractivity contribution in [2.75, 3.05) is 32.8 Å². The van der Waals surface area contributed by atoms with Gasteiger partial charge in [-0.2, -0.15) is 0 Å². The standard InChI is InChI=1S/C17H28N2O/c1-3-18-17-10-12-19(14-15(17)2)11-7-13-20-16-8-5-4-6-9-16/h4-6,8-9,15,17-18H,3,7,10-14H2,1-2H3. The van der Waals surface area contributed by atoms with Crippen LogP contribution in [0.25, 0.3) is 0 Å². The molecule has 1 heterocycles. The van der Waals surface area contributed by atoms with Gasteiger partial charge in [0.05, 0.1) is 6.61 Å². The van der Waals surface area contributed by atoms with Crippen LogP contribution in [0.1, 0.15) is 26.7 Å². The Balaban J connectivity index is 1.61. The first kappa shape index (κ1) is 15.3. The van der Waals surface area contributed by atoms with Gasteiger partial charge in [-0.15, -0.1) is 0 Å². The van der Waals surface area contributed by atoms with Crippen LogP contribution in [0.5, 0.6) is 5.75 Å². The molecule has 0 amide bonds. The molecule has 0 saturated carbocycles. The number of nitrogens with zero attached hydrogens (tertiary/aromatic N) is 1. The second-order valence-corrected chi connectivity index (χ2v) is 5.75. The molecule has 3 heteroatoms. The molecule has 2 rings (SSSR count). The minimum absolute atomic E-state index is 0.705. The number of hydrogen-bond donors (Lipinski definition) is 1. The van der Waals surface area contributed by atoms with Crippen LogP contribution in [0.15, 0.2) is 30.3 Å². The van der Waals surface area contributed by atoms with Crippen molar-refractivity contribution in [3.05, 3.63) is 30.3 Å². The topological polar surface area (TPSA) is 24.5 Å². The first-order valence-corrected chi connectivity index (χ1v) is 7.93. The Labute approximate surface area is 123 Å². The lowest BCUT2D eigenvalue weighted by Crippen LogP contribution is -2.48. The zero-order valence-electron chi connectivity index (χ0n) is 12.8. The Hall–Kier alpha value is -1.06. The van der Waals surface area contributed by atoms with E-state index in [9.17, 15) is 0 Å². The molecular weight excluding hydrogens is 248 g/mol. The third-order valence-corrected chi connectivity index (χ3v) is 4.09. The Morgan fingerprint density at radius 1 is 1.30 bits per heavy atom. The number of benzene rings is 1. The molecule has 0 bridgehead atoms. The van der Waals surface area contributed by atoms with E-state index in [-0.39, 0.29) is 0 Å². The number of nitrogens with one attached hydrogen (secondary N) is 1. The Morgan fingerprint density at radius 2 is 2.10 bits per heavy atom. The van der Waals surface area contributed by atoms with Crippen molar-refractivity contribution in [3.8, 4) is 5.75 Å². The minimum atomic E-state index is 0.705. The van der Waals surface area contributed by atoms with Crippen molar-refractivity contribution in [2.24, 2.45) is 5.92 Å². The summed E-state index contributed by atoms with van der Waals surface area (Å²) in [7, 11) is 0. The number of rotatable bonds is 7. The Bertz CT molecular complexity index is 369. The summed E-state index contributed by atoms with van der Waals surface area (Å²) in [6.07, 6.45) is 2.38. The highest BCUT2D eigenvalue weighted by molar-refractivity contribution is 5.20. The number of ether oxygens (including phenoxy) is 1. The van der Waals surface area contributed by atoms with Crippen molar-refractivity contribution >= 4 is 0 Å². The molecule has 2 unspecified atom stereocenters. The van der Waals surface area contributed by atoms with E-state index in [1.807, 2.05) is 30.3 Å². The third-order valence-electron chi connectivity index (χ3n) is 4.09. The molecule has 0 aromatic heterocycles. The maximum absolute atomic E-state index is 5.74. The van der Waals surface area contributed by atoms with Crippen LogP contribution in [0.2, 0.25) is 0 Å². The average molecular weight is 276 g/mol. The van der Waals surface area contributed by atoms with E-state index in [0.29, 0.717) is 6.04 Å². The summed E-state index contributed by atoms with van der Waals surface area (Å²) in [5.41, 5.74) is 0. The summed E-state index contributed by atoms with van der Waals surface area (Å²) < 4.78 is 5.74. The van der Waals surface area contributed by atoms with E-state index in [2.05, 4.69) is 24.1 Å². The summed E-state index contributed by atoms with van der Waals surface area (Å²) in [6, 6.07) is 10.8. The van der Waals surface area contributed by atoms with Gasteiger partial charge in [-0.3, -0.25) is 0 Å². The maximum atomic E-state index is 5.74. The van der Waals surface area contributed by atoms with Crippen LogP contribution in [0.3, 0.4) is 0 Å². The van der Waals surface area contributed by atoms with Crippen LogP contribution < -0.4 is 10.1 Å². The first-order chi connectivity index (χ1) is 9.79. The smallest absolute Gasteiger partial charge is 0.119 e. The fourth-order valence-electron chi connectivity index (χ4n) is 3.00. The highest BCUT2D eigenvalue weighted by Crippen LogP contribution is 2.17. The van der Waals surface area contributed by atoms with Gasteiger partial charge in [-0.25, -0.2) is 0 Å². The van der Waals surface area contributed by atoms with E-state index in [0.717, 1.165) is 37.8 Å². The van der Waals surface area contributed by atoms with Gasteiger partial charge in [-0.05, 0) is 44.0 Å². The van der Waals surface area contributed by atoms with E-state index >= 15 is 0 Å². The number of para-hydroxylation sites is 1. The first-order valence-electron chi connectivity index (χ1n) is 7.93.